The molecule has 0 fully saturated rings. The SMILES string of the molecule is COc1ccc(F)cc1C(=O)CSCc1nc2sc(C)c(C)c2c(=O)[nH]1. The topological polar surface area (TPSA) is 72.0 Å². The van der Waals surface area contributed by atoms with Crippen molar-refractivity contribution in [2.75, 3.05) is 12.9 Å². The highest BCUT2D eigenvalue weighted by Crippen LogP contribution is 2.26. The number of benzene rings is 1. The van der Waals surface area contributed by atoms with Crippen molar-refractivity contribution in [3.8, 4) is 5.75 Å². The molecule has 1 aromatic carbocycles. The Bertz CT molecular complexity index is 1040. The zero-order chi connectivity index (χ0) is 18.8. The minimum absolute atomic E-state index is 0.129. The molecule has 0 unspecified atom stereocenters. The number of rotatable bonds is 6. The van der Waals surface area contributed by atoms with E-state index < -0.39 is 5.82 Å². The Morgan fingerprint density at radius 2 is 2.15 bits per heavy atom. The Balaban J connectivity index is 1.72. The number of ketones is 1. The number of carbonyl (C=O) groups excluding carboxylic acids is 1. The van der Waals surface area contributed by atoms with Crippen molar-refractivity contribution >= 4 is 39.1 Å². The molecule has 2 aromatic heterocycles. The maximum atomic E-state index is 13.4. The molecule has 0 amide bonds. The number of aromatic amines is 1. The Morgan fingerprint density at radius 3 is 2.88 bits per heavy atom. The highest BCUT2D eigenvalue weighted by Gasteiger charge is 2.15. The molecule has 0 aliphatic heterocycles. The lowest BCUT2D eigenvalue weighted by atomic mass is 10.1. The zero-order valence-corrected chi connectivity index (χ0v) is 16.1. The number of aryl methyl sites for hydroxylation is 2. The fourth-order valence-corrected chi connectivity index (χ4v) is 4.41. The van der Waals surface area contributed by atoms with E-state index in [0.29, 0.717) is 27.5 Å². The number of aromatic nitrogens is 2. The predicted octanol–water partition coefficient (Wildman–Crippen LogP) is 3.87. The Kier molecular flexibility index (Phi) is 5.43. The second-order valence-corrected chi connectivity index (χ2v) is 7.93. The van der Waals surface area contributed by atoms with Gasteiger partial charge in [-0.05, 0) is 37.6 Å². The number of methoxy groups -OCH3 is 1. The number of fused-ring (bicyclic) bond motifs is 1. The van der Waals surface area contributed by atoms with Crippen LogP contribution >= 0.6 is 23.1 Å². The minimum Gasteiger partial charge on any atom is -0.496 e. The third-order valence-corrected chi connectivity index (χ3v) is 6.07. The van der Waals surface area contributed by atoms with Gasteiger partial charge in [0.25, 0.3) is 5.56 Å². The van der Waals surface area contributed by atoms with Gasteiger partial charge < -0.3 is 9.72 Å². The lowest BCUT2D eigenvalue weighted by molar-refractivity contribution is 0.101. The molecule has 26 heavy (non-hydrogen) atoms. The van der Waals surface area contributed by atoms with Crippen LogP contribution < -0.4 is 10.3 Å². The number of thioether (sulfide) groups is 1. The van der Waals surface area contributed by atoms with Crippen LogP contribution in [0, 0.1) is 19.7 Å². The first kappa shape index (κ1) is 18.6. The van der Waals surface area contributed by atoms with Crippen LogP contribution in [0.15, 0.2) is 23.0 Å². The van der Waals surface area contributed by atoms with Gasteiger partial charge in [-0.2, -0.15) is 0 Å². The molecular weight excluding hydrogens is 375 g/mol. The van der Waals surface area contributed by atoms with Crippen LogP contribution in [-0.2, 0) is 5.75 Å². The lowest BCUT2D eigenvalue weighted by Crippen LogP contribution is -2.11. The van der Waals surface area contributed by atoms with Crippen molar-refractivity contribution in [3.63, 3.8) is 0 Å². The van der Waals surface area contributed by atoms with Gasteiger partial charge in [-0.25, -0.2) is 9.37 Å². The molecule has 0 aliphatic rings. The van der Waals surface area contributed by atoms with E-state index in [9.17, 15) is 14.0 Å². The van der Waals surface area contributed by atoms with Crippen molar-refractivity contribution in [2.45, 2.75) is 19.6 Å². The highest BCUT2D eigenvalue weighted by atomic mass is 32.2. The van der Waals surface area contributed by atoms with Crippen LogP contribution in [0.4, 0.5) is 4.39 Å². The summed E-state index contributed by atoms with van der Waals surface area (Å²) in [4.78, 5) is 33.6. The lowest BCUT2D eigenvalue weighted by Gasteiger charge is -2.07. The largest absolute Gasteiger partial charge is 0.496 e. The second kappa shape index (κ2) is 7.59. The van der Waals surface area contributed by atoms with E-state index in [1.165, 1.54) is 48.4 Å². The molecule has 1 N–H and O–H groups in total. The molecule has 0 spiro atoms. The number of nitrogens with one attached hydrogen (secondary N) is 1. The van der Waals surface area contributed by atoms with Gasteiger partial charge in [0.2, 0.25) is 0 Å². The van der Waals surface area contributed by atoms with Crippen LogP contribution in [0.2, 0.25) is 0 Å². The Hall–Kier alpha value is -2.19. The van der Waals surface area contributed by atoms with E-state index in [1.54, 1.807) is 0 Å². The van der Waals surface area contributed by atoms with Gasteiger partial charge in [-0.1, -0.05) is 0 Å². The summed E-state index contributed by atoms with van der Waals surface area (Å²) in [6.45, 7) is 3.87. The van der Waals surface area contributed by atoms with Gasteiger partial charge in [-0.15, -0.1) is 23.1 Å². The normalized spacial score (nSPS) is 11.1. The van der Waals surface area contributed by atoms with Crippen molar-refractivity contribution in [1.82, 2.24) is 9.97 Å². The van der Waals surface area contributed by atoms with E-state index in [0.717, 1.165) is 10.4 Å². The molecule has 8 heteroatoms. The summed E-state index contributed by atoms with van der Waals surface area (Å²) in [5, 5.41) is 0.627. The Labute approximate surface area is 157 Å². The van der Waals surface area contributed by atoms with Gasteiger partial charge in [0.15, 0.2) is 5.78 Å². The summed E-state index contributed by atoms with van der Waals surface area (Å²) in [7, 11) is 1.44. The molecule has 136 valence electrons. The molecule has 0 bridgehead atoms. The number of H-pyrrole nitrogens is 1. The molecule has 3 rings (SSSR count). The molecule has 2 heterocycles. The molecular formula is C18H17FN2O3S2. The van der Waals surface area contributed by atoms with Gasteiger partial charge in [0, 0.05) is 4.88 Å². The van der Waals surface area contributed by atoms with Gasteiger partial charge in [0.1, 0.15) is 22.2 Å². The summed E-state index contributed by atoms with van der Waals surface area (Å²) in [6, 6.07) is 3.85. The van der Waals surface area contributed by atoms with E-state index in [4.69, 9.17) is 4.74 Å². The third-order valence-electron chi connectivity index (χ3n) is 4.02. The van der Waals surface area contributed by atoms with Gasteiger partial charge in [0.05, 0.1) is 29.6 Å². The molecule has 0 saturated carbocycles. The van der Waals surface area contributed by atoms with Crippen molar-refractivity contribution in [1.29, 1.82) is 0 Å². The van der Waals surface area contributed by atoms with Crippen LogP contribution in [0.1, 0.15) is 26.6 Å². The number of Topliss-reactive ketones (excluding diaryl/α,β-unsaturated/α-hetero) is 1. The summed E-state index contributed by atoms with van der Waals surface area (Å²) >= 11 is 2.79. The third kappa shape index (κ3) is 3.66. The summed E-state index contributed by atoms with van der Waals surface area (Å²) in [5.74, 6) is 0.646. The summed E-state index contributed by atoms with van der Waals surface area (Å²) < 4.78 is 18.5. The molecule has 0 atom stereocenters. The van der Waals surface area contributed by atoms with Gasteiger partial charge >= 0.3 is 0 Å². The molecule has 3 aromatic rings. The average molecular weight is 392 g/mol. The standard InChI is InChI=1S/C18H17FN2O3S2/c1-9-10(2)26-18-16(9)17(23)20-15(21-18)8-25-7-13(22)12-6-11(19)4-5-14(12)24-3/h4-6H,7-8H2,1-3H3,(H,20,21,23). The number of nitrogens with zero attached hydrogens (tertiary/aromatic N) is 1. The fourth-order valence-electron chi connectivity index (χ4n) is 2.58. The highest BCUT2D eigenvalue weighted by molar-refractivity contribution is 7.99. The molecule has 0 saturated heterocycles. The quantitative estimate of drug-likeness (QED) is 0.645. The van der Waals surface area contributed by atoms with Crippen LogP contribution in [0.25, 0.3) is 10.2 Å². The maximum Gasteiger partial charge on any atom is 0.259 e. The van der Waals surface area contributed by atoms with Crippen LogP contribution in [-0.4, -0.2) is 28.6 Å². The maximum absolute atomic E-state index is 13.4. The van der Waals surface area contributed by atoms with Gasteiger partial charge in [-0.3, -0.25) is 9.59 Å². The molecule has 0 aliphatic carbocycles. The van der Waals surface area contributed by atoms with Crippen LogP contribution in [0.5, 0.6) is 5.75 Å². The zero-order valence-electron chi connectivity index (χ0n) is 14.5. The number of thiophene rings is 1. The van der Waals surface area contributed by atoms with E-state index >= 15 is 0 Å². The predicted molar refractivity (Wildman–Crippen MR) is 103 cm³/mol. The van der Waals surface area contributed by atoms with Crippen molar-refractivity contribution in [3.05, 3.63) is 56.2 Å². The molecule has 5 nitrogen and oxygen atoms in total. The number of carbonyl (C=O) groups is 1. The minimum atomic E-state index is -0.487. The van der Waals surface area contributed by atoms with Crippen molar-refractivity contribution in [2.24, 2.45) is 0 Å². The first-order chi connectivity index (χ1) is 12.4. The number of hydrogen-bond donors (Lipinski definition) is 1. The monoisotopic (exact) mass is 392 g/mol. The summed E-state index contributed by atoms with van der Waals surface area (Å²) in [6.07, 6.45) is 0. The number of hydrogen-bond acceptors (Lipinski definition) is 6. The molecule has 0 radical (unpaired) electrons. The first-order valence-corrected chi connectivity index (χ1v) is 9.81. The van der Waals surface area contributed by atoms with Crippen molar-refractivity contribution < 1.29 is 13.9 Å². The second-order valence-electron chi connectivity index (χ2n) is 5.74. The number of halogens is 1. The average Bonchev–Trinajstić information content (AvgIpc) is 2.89. The van der Waals surface area contributed by atoms with E-state index in [2.05, 4.69) is 9.97 Å². The number of ether oxygens (including phenoxy) is 1. The fraction of sp³-hybridized carbons (Fsp3) is 0.278. The van der Waals surface area contributed by atoms with Crippen LogP contribution in [0.3, 0.4) is 0 Å². The van der Waals surface area contributed by atoms with E-state index in [1.807, 2.05) is 13.8 Å². The summed E-state index contributed by atoms with van der Waals surface area (Å²) in [5.41, 5.74) is 0.998. The Morgan fingerprint density at radius 1 is 1.38 bits per heavy atom. The first-order valence-electron chi connectivity index (χ1n) is 7.84. The smallest absolute Gasteiger partial charge is 0.259 e. The van der Waals surface area contributed by atoms with E-state index in [-0.39, 0.29) is 22.7 Å².